The third-order valence-electron chi connectivity index (χ3n) is 4.56. The highest BCUT2D eigenvalue weighted by Gasteiger charge is 2.41. The molecule has 5 nitrogen and oxygen atoms in total. The van der Waals surface area contributed by atoms with E-state index >= 15 is 0 Å². The molecule has 0 aliphatic heterocycles. The summed E-state index contributed by atoms with van der Waals surface area (Å²) in [6.07, 6.45) is 0. The quantitative estimate of drug-likeness (QED) is 0.485. The SMILES string of the molecule is CCOC(C#Cc1ccccc1)(C(=O)C#Cc1ccccc1)n1nnc2ccccc21. The highest BCUT2D eigenvalue weighted by atomic mass is 16.5. The maximum atomic E-state index is 13.5. The van der Waals surface area contributed by atoms with Crippen LogP contribution in [-0.4, -0.2) is 27.4 Å². The Morgan fingerprint density at radius 3 is 2.19 bits per heavy atom. The van der Waals surface area contributed by atoms with Crippen LogP contribution >= 0.6 is 0 Å². The van der Waals surface area contributed by atoms with Crippen LogP contribution in [0.3, 0.4) is 0 Å². The number of rotatable bonds is 4. The molecule has 1 atom stereocenters. The van der Waals surface area contributed by atoms with Gasteiger partial charge in [-0.25, -0.2) is 0 Å². The summed E-state index contributed by atoms with van der Waals surface area (Å²) in [6, 6.07) is 26.1. The van der Waals surface area contributed by atoms with E-state index < -0.39 is 11.5 Å². The number of ketones is 1. The van der Waals surface area contributed by atoms with Crippen molar-refractivity contribution < 1.29 is 9.53 Å². The van der Waals surface area contributed by atoms with E-state index in [1.165, 1.54) is 4.68 Å². The van der Waals surface area contributed by atoms with Crippen molar-refractivity contribution in [2.24, 2.45) is 0 Å². The van der Waals surface area contributed by atoms with E-state index in [9.17, 15) is 4.79 Å². The highest BCUT2D eigenvalue weighted by molar-refractivity contribution is 6.03. The van der Waals surface area contributed by atoms with Gasteiger partial charge in [-0.05, 0) is 55.2 Å². The van der Waals surface area contributed by atoms with Gasteiger partial charge in [-0.2, -0.15) is 4.68 Å². The van der Waals surface area contributed by atoms with Crippen molar-refractivity contribution >= 4 is 16.8 Å². The number of ether oxygens (including phenoxy) is 1. The summed E-state index contributed by atoms with van der Waals surface area (Å²) in [4.78, 5) is 13.5. The van der Waals surface area contributed by atoms with E-state index in [-0.39, 0.29) is 6.61 Å². The Hall–Kier alpha value is -4.19. The van der Waals surface area contributed by atoms with Crippen LogP contribution in [0.15, 0.2) is 84.9 Å². The van der Waals surface area contributed by atoms with E-state index in [1.54, 1.807) is 6.92 Å². The summed E-state index contributed by atoms with van der Waals surface area (Å²) in [5.41, 5.74) is 1.01. The molecule has 150 valence electrons. The molecule has 0 aliphatic rings. The van der Waals surface area contributed by atoms with Crippen LogP contribution in [0.2, 0.25) is 0 Å². The zero-order valence-corrected chi connectivity index (χ0v) is 16.9. The molecule has 0 saturated heterocycles. The van der Waals surface area contributed by atoms with Gasteiger partial charge in [-0.1, -0.05) is 65.6 Å². The molecule has 3 aromatic carbocycles. The minimum absolute atomic E-state index is 0.233. The Kier molecular flexibility index (Phi) is 5.89. The van der Waals surface area contributed by atoms with Gasteiger partial charge >= 0.3 is 0 Å². The van der Waals surface area contributed by atoms with Crippen LogP contribution in [0.1, 0.15) is 18.1 Å². The number of carbonyl (C=O) groups is 1. The van der Waals surface area contributed by atoms with Crippen LogP contribution in [0.5, 0.6) is 0 Å². The molecule has 0 N–H and O–H groups in total. The predicted octanol–water partition coefficient (Wildman–Crippen LogP) is 3.79. The molecule has 0 radical (unpaired) electrons. The second kappa shape index (κ2) is 9.09. The molecular weight excluding hydrogens is 386 g/mol. The van der Waals surface area contributed by atoms with Crippen LogP contribution in [0.25, 0.3) is 11.0 Å². The molecular formula is C26H19N3O2. The van der Waals surface area contributed by atoms with E-state index in [0.717, 1.165) is 11.1 Å². The standard InChI is InChI=1S/C26H19N3O2/c1-2-31-26(20-19-22-13-7-4-8-14-22,25(30)18-17-21-11-5-3-6-12-21)29-24-16-10-9-15-23(24)27-28-29/h3-16H,2H2,1H3. The molecule has 0 fully saturated rings. The zero-order chi connectivity index (χ0) is 21.5. The van der Waals surface area contributed by atoms with Gasteiger partial charge in [0.05, 0.1) is 5.52 Å². The Bertz CT molecular complexity index is 1320. The summed E-state index contributed by atoms with van der Waals surface area (Å²) in [5.74, 6) is 11.2. The number of para-hydroxylation sites is 1. The van der Waals surface area contributed by atoms with Crippen LogP contribution in [-0.2, 0) is 15.3 Å². The van der Waals surface area contributed by atoms with Gasteiger partial charge in [0.25, 0.3) is 11.5 Å². The lowest BCUT2D eigenvalue weighted by atomic mass is 10.1. The average Bonchev–Trinajstić information content (AvgIpc) is 3.26. The van der Waals surface area contributed by atoms with Gasteiger partial charge in [0.2, 0.25) is 0 Å². The molecule has 0 aliphatic carbocycles. The van der Waals surface area contributed by atoms with E-state index in [0.29, 0.717) is 11.0 Å². The summed E-state index contributed by atoms with van der Waals surface area (Å²) in [7, 11) is 0. The first-order valence-electron chi connectivity index (χ1n) is 9.87. The zero-order valence-electron chi connectivity index (χ0n) is 16.9. The molecule has 1 heterocycles. The Morgan fingerprint density at radius 1 is 0.903 bits per heavy atom. The first-order chi connectivity index (χ1) is 15.2. The van der Waals surface area contributed by atoms with Gasteiger partial charge in [-0.15, -0.1) is 5.10 Å². The lowest BCUT2D eigenvalue weighted by Gasteiger charge is -2.25. The average molecular weight is 405 g/mol. The number of Topliss-reactive ketones (excluding diaryl/α,β-unsaturated/α-hetero) is 1. The van der Waals surface area contributed by atoms with E-state index in [2.05, 4.69) is 34.0 Å². The summed E-state index contributed by atoms with van der Waals surface area (Å²) in [6.45, 7) is 2.03. The number of carbonyl (C=O) groups excluding carboxylic acids is 1. The molecule has 0 amide bonds. The maximum Gasteiger partial charge on any atom is 0.299 e. The first kappa shape index (κ1) is 20.1. The minimum Gasteiger partial charge on any atom is -0.337 e. The second-order valence-corrected chi connectivity index (χ2v) is 6.63. The number of hydrogen-bond donors (Lipinski definition) is 0. The topological polar surface area (TPSA) is 57.0 Å². The fourth-order valence-corrected chi connectivity index (χ4v) is 3.09. The monoisotopic (exact) mass is 405 g/mol. The van der Waals surface area contributed by atoms with Crippen LogP contribution in [0, 0.1) is 23.7 Å². The van der Waals surface area contributed by atoms with Crippen molar-refractivity contribution in [2.75, 3.05) is 6.61 Å². The van der Waals surface area contributed by atoms with Gasteiger partial charge in [0, 0.05) is 17.7 Å². The number of benzene rings is 3. The summed E-state index contributed by atoms with van der Waals surface area (Å²) in [5, 5.41) is 8.41. The van der Waals surface area contributed by atoms with Crippen molar-refractivity contribution in [1.29, 1.82) is 0 Å². The molecule has 0 saturated carbocycles. The van der Waals surface area contributed by atoms with Gasteiger partial charge in [0.1, 0.15) is 5.52 Å². The van der Waals surface area contributed by atoms with Crippen molar-refractivity contribution in [1.82, 2.24) is 15.0 Å². The fourth-order valence-electron chi connectivity index (χ4n) is 3.09. The predicted molar refractivity (Wildman–Crippen MR) is 119 cm³/mol. The molecule has 31 heavy (non-hydrogen) atoms. The number of nitrogens with zero attached hydrogens (tertiary/aromatic N) is 3. The molecule has 1 unspecified atom stereocenters. The Morgan fingerprint density at radius 2 is 1.52 bits per heavy atom. The minimum atomic E-state index is -1.73. The van der Waals surface area contributed by atoms with Crippen molar-refractivity contribution in [3.63, 3.8) is 0 Å². The fraction of sp³-hybridized carbons (Fsp3) is 0.115. The molecule has 0 bridgehead atoms. The molecule has 0 spiro atoms. The van der Waals surface area contributed by atoms with Gasteiger partial charge < -0.3 is 4.74 Å². The van der Waals surface area contributed by atoms with Crippen molar-refractivity contribution in [3.05, 3.63) is 96.1 Å². The third kappa shape index (κ3) is 4.23. The van der Waals surface area contributed by atoms with Gasteiger partial charge in [-0.3, -0.25) is 4.79 Å². The van der Waals surface area contributed by atoms with E-state index in [1.807, 2.05) is 84.9 Å². The largest absolute Gasteiger partial charge is 0.337 e. The molecule has 1 aromatic heterocycles. The Labute approximate surface area is 180 Å². The molecule has 4 aromatic rings. The summed E-state index contributed by atoms with van der Waals surface area (Å²) >= 11 is 0. The number of aromatic nitrogens is 3. The Balaban J connectivity index is 1.89. The molecule has 4 rings (SSSR count). The number of fused-ring (bicyclic) bond motifs is 1. The lowest BCUT2D eigenvalue weighted by Crippen LogP contribution is -2.44. The summed E-state index contributed by atoms with van der Waals surface area (Å²) < 4.78 is 7.41. The number of hydrogen-bond acceptors (Lipinski definition) is 4. The molecule has 5 heteroatoms. The van der Waals surface area contributed by atoms with E-state index in [4.69, 9.17) is 4.74 Å². The van der Waals surface area contributed by atoms with Crippen LogP contribution in [0.4, 0.5) is 0 Å². The van der Waals surface area contributed by atoms with Crippen LogP contribution < -0.4 is 0 Å². The first-order valence-corrected chi connectivity index (χ1v) is 9.87. The van der Waals surface area contributed by atoms with Crippen molar-refractivity contribution in [2.45, 2.75) is 12.6 Å². The normalized spacial score (nSPS) is 12.2. The van der Waals surface area contributed by atoms with Crippen molar-refractivity contribution in [3.8, 4) is 23.7 Å². The smallest absolute Gasteiger partial charge is 0.299 e. The maximum absolute atomic E-state index is 13.5. The third-order valence-corrected chi connectivity index (χ3v) is 4.56. The highest BCUT2D eigenvalue weighted by Crippen LogP contribution is 2.24. The second-order valence-electron chi connectivity index (χ2n) is 6.63. The van der Waals surface area contributed by atoms with Gasteiger partial charge in [0.15, 0.2) is 0 Å². The lowest BCUT2D eigenvalue weighted by molar-refractivity contribution is -0.142.